The third-order valence-corrected chi connectivity index (χ3v) is 4.88. The molecule has 9 heteroatoms. The average molecular weight is 492 g/mol. The second-order valence-electron chi connectivity index (χ2n) is 6.67. The van der Waals surface area contributed by atoms with Gasteiger partial charge in [0.1, 0.15) is 12.4 Å². The van der Waals surface area contributed by atoms with E-state index in [1.807, 2.05) is 6.07 Å². The van der Waals surface area contributed by atoms with Gasteiger partial charge in [0.05, 0.1) is 23.1 Å². The van der Waals surface area contributed by atoms with Crippen molar-refractivity contribution < 1.29 is 14.3 Å². The fraction of sp³-hybridized carbons (Fsp3) is 0.190. The molecule has 1 heterocycles. The minimum atomic E-state index is -0.411. The van der Waals surface area contributed by atoms with Crippen molar-refractivity contribution in [2.45, 2.75) is 20.1 Å². The number of carbonyl (C=O) groups excluding carboxylic acids is 2. The monoisotopic (exact) mass is 490 g/mol. The molecule has 7 nitrogen and oxygen atoms in total. The lowest BCUT2D eigenvalue weighted by Crippen LogP contribution is -2.44. The van der Waals surface area contributed by atoms with Crippen molar-refractivity contribution in [3.05, 3.63) is 81.5 Å². The first kappa shape index (κ1) is 21.9. The number of carbonyl (C=O) groups is 2. The molecule has 0 saturated carbocycles. The maximum absolute atomic E-state index is 12.4. The first-order valence-electron chi connectivity index (χ1n) is 9.16. The Morgan fingerprint density at radius 2 is 1.97 bits per heavy atom. The van der Waals surface area contributed by atoms with E-state index in [0.29, 0.717) is 29.5 Å². The molecule has 0 aliphatic heterocycles. The number of hydrogen-bond acceptors (Lipinski definition) is 4. The van der Waals surface area contributed by atoms with Crippen LogP contribution >= 0.6 is 27.5 Å². The van der Waals surface area contributed by atoms with Gasteiger partial charge in [0, 0.05) is 16.8 Å². The van der Waals surface area contributed by atoms with Crippen LogP contribution in [0.3, 0.4) is 0 Å². The zero-order valence-corrected chi connectivity index (χ0v) is 18.5. The molecule has 2 amide bonds. The number of rotatable bonds is 7. The van der Waals surface area contributed by atoms with Crippen molar-refractivity contribution in [3.63, 3.8) is 0 Å². The number of benzene rings is 2. The van der Waals surface area contributed by atoms with Crippen molar-refractivity contribution in [1.29, 1.82) is 0 Å². The Hall–Kier alpha value is -2.84. The summed E-state index contributed by atoms with van der Waals surface area (Å²) in [4.78, 5) is 24.6. The summed E-state index contributed by atoms with van der Waals surface area (Å²) < 4.78 is 8.19. The van der Waals surface area contributed by atoms with E-state index in [-0.39, 0.29) is 11.8 Å². The Kier molecular flexibility index (Phi) is 7.48. The van der Waals surface area contributed by atoms with Crippen molar-refractivity contribution in [1.82, 2.24) is 20.6 Å². The highest BCUT2D eigenvalue weighted by molar-refractivity contribution is 9.10. The van der Waals surface area contributed by atoms with Gasteiger partial charge in [0.2, 0.25) is 5.91 Å². The van der Waals surface area contributed by atoms with Crippen LogP contribution < -0.4 is 15.6 Å². The third-order valence-electron chi connectivity index (χ3n) is 4.22. The molecule has 1 aromatic heterocycles. The lowest BCUT2D eigenvalue weighted by molar-refractivity contribution is -0.125. The summed E-state index contributed by atoms with van der Waals surface area (Å²) >= 11 is 9.17. The van der Waals surface area contributed by atoms with Gasteiger partial charge < -0.3 is 4.74 Å². The van der Waals surface area contributed by atoms with Crippen LogP contribution in [0.15, 0.2) is 65.4 Å². The zero-order chi connectivity index (χ0) is 21.5. The molecular weight excluding hydrogens is 472 g/mol. The zero-order valence-electron chi connectivity index (χ0n) is 16.1. The maximum Gasteiger partial charge on any atom is 0.269 e. The second kappa shape index (κ2) is 10.3. The summed E-state index contributed by atoms with van der Waals surface area (Å²) in [5.74, 6) is -0.418. The topological polar surface area (TPSA) is 85.3 Å². The van der Waals surface area contributed by atoms with E-state index in [0.717, 1.165) is 10.0 Å². The second-order valence-corrected chi connectivity index (χ2v) is 8.02. The number of halogens is 2. The Bertz CT molecular complexity index is 1020. The molecule has 2 aromatic carbocycles. The third kappa shape index (κ3) is 6.33. The van der Waals surface area contributed by atoms with Gasteiger partial charge in [-0.1, -0.05) is 30.7 Å². The number of hydrazine groups is 1. The van der Waals surface area contributed by atoms with Crippen molar-refractivity contribution in [2.24, 2.45) is 5.92 Å². The molecule has 2 N–H and O–H groups in total. The van der Waals surface area contributed by atoms with Gasteiger partial charge in [-0.15, -0.1) is 0 Å². The van der Waals surface area contributed by atoms with Crippen LogP contribution in [-0.2, 0) is 17.9 Å². The van der Waals surface area contributed by atoms with Gasteiger partial charge in [0.25, 0.3) is 5.91 Å². The number of amides is 2. The molecule has 3 aromatic rings. The number of hydrogen-bond donors (Lipinski definition) is 2. The molecule has 1 unspecified atom stereocenters. The lowest BCUT2D eigenvalue weighted by Gasteiger charge is -2.13. The standard InChI is InChI=1S/C21H20BrClN4O3/c1-14(11-27-12-17(22)10-24-27)20(28)25-26-21(29)16-4-2-3-15(9-16)13-30-19-7-5-18(23)6-8-19/h2-10,12,14H,11,13H2,1H3,(H,25,28)(H,26,29). The van der Waals surface area contributed by atoms with E-state index in [4.69, 9.17) is 16.3 Å². The van der Waals surface area contributed by atoms with Crippen molar-refractivity contribution in [2.75, 3.05) is 0 Å². The quantitative estimate of drug-likeness (QED) is 0.490. The summed E-state index contributed by atoms with van der Waals surface area (Å²) in [5.41, 5.74) is 6.13. The molecule has 0 radical (unpaired) electrons. The Morgan fingerprint density at radius 3 is 2.67 bits per heavy atom. The first-order chi connectivity index (χ1) is 14.4. The van der Waals surface area contributed by atoms with E-state index < -0.39 is 5.91 Å². The van der Waals surface area contributed by atoms with Crippen LogP contribution in [0.4, 0.5) is 0 Å². The van der Waals surface area contributed by atoms with Gasteiger partial charge >= 0.3 is 0 Å². The number of nitrogens with zero attached hydrogens (tertiary/aromatic N) is 2. The van der Waals surface area contributed by atoms with Crippen molar-refractivity contribution in [3.8, 4) is 5.75 Å². The summed E-state index contributed by atoms with van der Waals surface area (Å²) in [6.07, 6.45) is 3.43. The predicted molar refractivity (Wildman–Crippen MR) is 117 cm³/mol. The SMILES string of the molecule is CC(Cn1cc(Br)cn1)C(=O)NNC(=O)c1cccc(COc2ccc(Cl)cc2)c1. The fourth-order valence-corrected chi connectivity index (χ4v) is 3.07. The molecule has 156 valence electrons. The van der Waals surface area contributed by atoms with E-state index in [2.05, 4.69) is 31.9 Å². The minimum Gasteiger partial charge on any atom is -0.489 e. The molecule has 1 atom stereocenters. The van der Waals surface area contributed by atoms with Gasteiger partial charge in [-0.2, -0.15) is 5.10 Å². The molecule has 0 aliphatic rings. The first-order valence-corrected chi connectivity index (χ1v) is 10.3. The van der Waals surface area contributed by atoms with E-state index in [1.54, 1.807) is 66.5 Å². The Labute approximate surface area is 187 Å². The lowest BCUT2D eigenvalue weighted by atomic mass is 10.1. The number of nitrogens with one attached hydrogen (secondary N) is 2. The van der Waals surface area contributed by atoms with Crippen LogP contribution in [0.5, 0.6) is 5.75 Å². The van der Waals surface area contributed by atoms with Crippen LogP contribution in [0.2, 0.25) is 5.02 Å². The van der Waals surface area contributed by atoms with Gasteiger partial charge in [-0.3, -0.25) is 25.1 Å². The largest absolute Gasteiger partial charge is 0.489 e. The molecule has 3 rings (SSSR count). The number of aromatic nitrogens is 2. The van der Waals surface area contributed by atoms with Crippen LogP contribution in [0.1, 0.15) is 22.8 Å². The summed E-state index contributed by atoms with van der Waals surface area (Å²) in [7, 11) is 0. The molecule has 0 spiro atoms. The van der Waals surface area contributed by atoms with Gasteiger partial charge in [-0.25, -0.2) is 0 Å². The smallest absolute Gasteiger partial charge is 0.269 e. The van der Waals surface area contributed by atoms with Crippen LogP contribution in [0, 0.1) is 5.92 Å². The van der Waals surface area contributed by atoms with Gasteiger partial charge in [0.15, 0.2) is 0 Å². The Morgan fingerprint density at radius 1 is 1.20 bits per heavy atom. The van der Waals surface area contributed by atoms with Crippen LogP contribution in [0.25, 0.3) is 0 Å². The molecular formula is C21H20BrClN4O3. The van der Waals surface area contributed by atoms with Gasteiger partial charge in [-0.05, 0) is 57.9 Å². The summed E-state index contributed by atoms with van der Waals surface area (Å²) in [5, 5.41) is 4.75. The maximum atomic E-state index is 12.4. The fourth-order valence-electron chi connectivity index (χ4n) is 2.62. The predicted octanol–water partition coefficient (Wildman–Crippen LogP) is 3.98. The molecule has 0 fully saturated rings. The van der Waals surface area contributed by atoms with E-state index >= 15 is 0 Å². The number of ether oxygens (including phenoxy) is 1. The highest BCUT2D eigenvalue weighted by Gasteiger charge is 2.15. The minimum absolute atomic E-state index is 0.297. The highest BCUT2D eigenvalue weighted by atomic mass is 79.9. The molecule has 0 bridgehead atoms. The van der Waals surface area contributed by atoms with Crippen LogP contribution in [-0.4, -0.2) is 21.6 Å². The van der Waals surface area contributed by atoms with E-state index in [9.17, 15) is 9.59 Å². The normalized spacial score (nSPS) is 11.6. The molecule has 0 saturated heterocycles. The summed E-state index contributed by atoms with van der Waals surface area (Å²) in [6, 6.07) is 14.0. The highest BCUT2D eigenvalue weighted by Crippen LogP contribution is 2.17. The Balaban J connectivity index is 1.50. The van der Waals surface area contributed by atoms with E-state index in [1.165, 1.54) is 0 Å². The average Bonchev–Trinajstić information content (AvgIpc) is 3.16. The molecule has 0 aliphatic carbocycles. The molecule has 30 heavy (non-hydrogen) atoms. The van der Waals surface area contributed by atoms with Crippen molar-refractivity contribution >= 4 is 39.3 Å². The summed E-state index contributed by atoms with van der Waals surface area (Å²) in [6.45, 7) is 2.45.